The number of rotatable bonds is 19. The Morgan fingerprint density at radius 1 is 0.654 bits per heavy atom. The summed E-state index contributed by atoms with van der Waals surface area (Å²) < 4.78 is 0. The Hall–Kier alpha value is -0.530. The number of hydrogen-bond donors (Lipinski definition) is 1. The summed E-state index contributed by atoms with van der Waals surface area (Å²) >= 11 is 0. The average Bonchev–Trinajstić information content (AvgIpc) is 3.06. The Balaban J connectivity index is 1.66. The summed E-state index contributed by atoms with van der Waals surface area (Å²) in [5, 5.41) is 3.46. The van der Waals surface area contributed by atoms with Crippen LogP contribution in [0.25, 0.3) is 0 Å². The molecule has 0 radical (unpaired) electrons. The molecule has 1 unspecified atom stereocenters. The molecule has 0 fully saturated rings. The molecule has 0 spiro atoms. The van der Waals surface area contributed by atoms with E-state index in [0.29, 0.717) is 6.04 Å². The summed E-state index contributed by atoms with van der Waals surface area (Å²) in [6.07, 6.45) is 27.2. The predicted octanol–water partition coefficient (Wildman–Crippen LogP) is 7.81. The Kier molecular flexibility index (Phi) is 16.2. The maximum absolute atomic E-state index is 4.54. The van der Waals surface area contributed by atoms with Gasteiger partial charge in [0.15, 0.2) is 0 Å². The largest absolute Gasteiger partial charge is 0.370 e. The van der Waals surface area contributed by atoms with Crippen LogP contribution in [-0.2, 0) is 0 Å². The van der Waals surface area contributed by atoms with Crippen LogP contribution < -0.4 is 5.32 Å². The number of aliphatic imine (C=N–C) groups is 1. The number of hydrogen-bond acceptors (Lipinski definition) is 2. The number of unbranched alkanes of at least 4 members (excludes halogenated alkanes) is 17. The van der Waals surface area contributed by atoms with Crippen molar-refractivity contribution in [1.29, 1.82) is 0 Å². The van der Waals surface area contributed by atoms with Crippen molar-refractivity contribution < 1.29 is 0 Å². The van der Waals surface area contributed by atoms with Gasteiger partial charge in [-0.2, -0.15) is 0 Å². The minimum Gasteiger partial charge on any atom is -0.370 e. The SMILES string of the molecule is CCCCCCCCCCCCCCCCCCCCC1=NCC(C)N1. The van der Waals surface area contributed by atoms with Gasteiger partial charge in [-0.15, -0.1) is 0 Å². The molecule has 0 aromatic rings. The van der Waals surface area contributed by atoms with Crippen LogP contribution in [-0.4, -0.2) is 18.4 Å². The third-order valence-electron chi connectivity index (χ3n) is 5.74. The molecule has 0 aromatic carbocycles. The van der Waals surface area contributed by atoms with Crippen LogP contribution in [0.3, 0.4) is 0 Å². The van der Waals surface area contributed by atoms with Gasteiger partial charge in [0.25, 0.3) is 0 Å². The molecule has 0 amide bonds. The van der Waals surface area contributed by atoms with Gasteiger partial charge in [0.05, 0.1) is 12.4 Å². The molecular weight excluding hydrogens is 316 g/mol. The van der Waals surface area contributed by atoms with E-state index < -0.39 is 0 Å². The molecule has 1 atom stereocenters. The van der Waals surface area contributed by atoms with Gasteiger partial charge in [-0.05, 0) is 13.3 Å². The smallest absolute Gasteiger partial charge is 0.0966 e. The molecule has 0 saturated carbocycles. The number of amidine groups is 1. The van der Waals surface area contributed by atoms with Gasteiger partial charge in [0, 0.05) is 12.5 Å². The van der Waals surface area contributed by atoms with Crippen molar-refractivity contribution in [3.05, 3.63) is 0 Å². The van der Waals surface area contributed by atoms with Crippen molar-refractivity contribution in [2.24, 2.45) is 4.99 Å². The lowest BCUT2D eigenvalue weighted by Gasteiger charge is -2.06. The van der Waals surface area contributed by atoms with E-state index in [2.05, 4.69) is 24.2 Å². The fourth-order valence-electron chi connectivity index (χ4n) is 3.97. The monoisotopic (exact) mass is 364 g/mol. The van der Waals surface area contributed by atoms with Crippen LogP contribution in [0.15, 0.2) is 4.99 Å². The van der Waals surface area contributed by atoms with Gasteiger partial charge in [-0.25, -0.2) is 0 Å². The van der Waals surface area contributed by atoms with Crippen molar-refractivity contribution in [2.45, 2.75) is 142 Å². The Morgan fingerprint density at radius 2 is 1.04 bits per heavy atom. The predicted molar refractivity (Wildman–Crippen MR) is 118 cm³/mol. The molecule has 0 bridgehead atoms. The van der Waals surface area contributed by atoms with E-state index in [9.17, 15) is 0 Å². The molecule has 0 saturated heterocycles. The van der Waals surface area contributed by atoms with Crippen molar-refractivity contribution >= 4 is 5.84 Å². The van der Waals surface area contributed by atoms with Gasteiger partial charge < -0.3 is 5.32 Å². The second-order valence-electron chi connectivity index (χ2n) is 8.59. The van der Waals surface area contributed by atoms with E-state index in [-0.39, 0.29) is 0 Å². The van der Waals surface area contributed by atoms with Gasteiger partial charge in [0.2, 0.25) is 0 Å². The first-order chi connectivity index (χ1) is 12.8. The lowest BCUT2D eigenvalue weighted by atomic mass is 10.0. The van der Waals surface area contributed by atoms with Gasteiger partial charge in [-0.1, -0.05) is 116 Å². The normalized spacial score (nSPS) is 16.7. The van der Waals surface area contributed by atoms with Crippen LogP contribution in [0, 0.1) is 0 Å². The minimum absolute atomic E-state index is 0.570. The van der Waals surface area contributed by atoms with Crippen LogP contribution in [0.4, 0.5) is 0 Å². The Labute approximate surface area is 165 Å². The van der Waals surface area contributed by atoms with Crippen molar-refractivity contribution in [1.82, 2.24) is 5.32 Å². The van der Waals surface area contributed by atoms with E-state index >= 15 is 0 Å². The quantitative estimate of drug-likeness (QED) is 0.232. The first-order valence-corrected chi connectivity index (χ1v) is 12.1. The third kappa shape index (κ3) is 14.6. The fourth-order valence-corrected chi connectivity index (χ4v) is 3.97. The lowest BCUT2D eigenvalue weighted by molar-refractivity contribution is 0.525. The molecule has 1 aliphatic rings. The van der Waals surface area contributed by atoms with E-state index in [1.807, 2.05) is 0 Å². The molecule has 26 heavy (non-hydrogen) atoms. The molecule has 0 aliphatic carbocycles. The Bertz CT molecular complexity index is 324. The molecule has 154 valence electrons. The number of nitrogens with zero attached hydrogens (tertiary/aromatic N) is 1. The lowest BCUT2D eigenvalue weighted by Crippen LogP contribution is -2.26. The van der Waals surface area contributed by atoms with Crippen molar-refractivity contribution in [2.75, 3.05) is 6.54 Å². The molecule has 0 aromatic heterocycles. The van der Waals surface area contributed by atoms with E-state index in [1.165, 1.54) is 128 Å². The zero-order valence-electron chi connectivity index (χ0n) is 18.2. The maximum Gasteiger partial charge on any atom is 0.0966 e. The van der Waals surface area contributed by atoms with E-state index in [4.69, 9.17) is 0 Å². The zero-order chi connectivity index (χ0) is 18.7. The first kappa shape index (κ1) is 23.5. The van der Waals surface area contributed by atoms with Crippen LogP contribution in [0.5, 0.6) is 0 Å². The summed E-state index contributed by atoms with van der Waals surface area (Å²) in [5.41, 5.74) is 0. The van der Waals surface area contributed by atoms with Crippen LogP contribution >= 0.6 is 0 Å². The van der Waals surface area contributed by atoms with E-state index in [0.717, 1.165) is 6.54 Å². The van der Waals surface area contributed by atoms with Gasteiger partial charge in [0.1, 0.15) is 0 Å². The average molecular weight is 365 g/mol. The summed E-state index contributed by atoms with van der Waals surface area (Å²) in [5.74, 6) is 1.26. The second kappa shape index (κ2) is 17.9. The highest BCUT2D eigenvalue weighted by molar-refractivity contribution is 5.83. The standard InChI is InChI=1S/C24H48N2/c1-3-4-5-6-7-8-9-10-11-12-13-14-15-16-17-18-19-20-21-24-25-22-23(2)26-24/h23H,3-22H2,1-2H3,(H,25,26). The summed E-state index contributed by atoms with van der Waals surface area (Å²) in [4.78, 5) is 4.54. The topological polar surface area (TPSA) is 24.4 Å². The zero-order valence-corrected chi connectivity index (χ0v) is 18.2. The fraction of sp³-hybridized carbons (Fsp3) is 0.958. The molecule has 1 rings (SSSR count). The molecule has 1 aliphatic heterocycles. The van der Waals surface area contributed by atoms with Crippen LogP contribution in [0.2, 0.25) is 0 Å². The summed E-state index contributed by atoms with van der Waals surface area (Å²) in [7, 11) is 0. The molecule has 1 N–H and O–H groups in total. The van der Waals surface area contributed by atoms with Crippen molar-refractivity contribution in [3.8, 4) is 0 Å². The van der Waals surface area contributed by atoms with Crippen molar-refractivity contribution in [3.63, 3.8) is 0 Å². The first-order valence-electron chi connectivity index (χ1n) is 12.1. The maximum atomic E-state index is 4.54. The highest BCUT2D eigenvalue weighted by Gasteiger charge is 2.11. The Morgan fingerprint density at radius 3 is 1.38 bits per heavy atom. The highest BCUT2D eigenvalue weighted by Crippen LogP contribution is 2.14. The van der Waals surface area contributed by atoms with Gasteiger partial charge in [-0.3, -0.25) is 4.99 Å². The van der Waals surface area contributed by atoms with Crippen LogP contribution in [0.1, 0.15) is 136 Å². The molecular formula is C24H48N2. The molecule has 2 nitrogen and oxygen atoms in total. The number of nitrogens with one attached hydrogen (secondary N) is 1. The van der Waals surface area contributed by atoms with Gasteiger partial charge >= 0.3 is 0 Å². The third-order valence-corrected chi connectivity index (χ3v) is 5.74. The van der Waals surface area contributed by atoms with E-state index in [1.54, 1.807) is 0 Å². The summed E-state index contributed by atoms with van der Waals surface area (Å²) in [6.45, 7) is 5.49. The summed E-state index contributed by atoms with van der Waals surface area (Å²) in [6, 6.07) is 0.570. The molecule has 1 heterocycles. The second-order valence-corrected chi connectivity index (χ2v) is 8.59. The molecule has 2 heteroatoms. The highest BCUT2D eigenvalue weighted by atomic mass is 15.1. The minimum atomic E-state index is 0.570.